The van der Waals surface area contributed by atoms with Gasteiger partial charge in [0.2, 0.25) is 0 Å². The molecule has 0 aliphatic carbocycles. The Morgan fingerprint density at radius 2 is 0.750 bits per heavy atom. The van der Waals surface area contributed by atoms with Gasteiger partial charge in [0.15, 0.2) is 0 Å². The summed E-state index contributed by atoms with van der Waals surface area (Å²) in [5.41, 5.74) is 4.65. The van der Waals surface area contributed by atoms with Crippen LogP contribution in [0.25, 0.3) is 54.6 Å². The van der Waals surface area contributed by atoms with Crippen LogP contribution in [0.4, 0.5) is 0 Å². The smallest absolute Gasteiger partial charge is 0.136 e. The molecule has 2 nitrogen and oxygen atoms in total. The molecule has 2 heteroatoms. The zero-order valence-electron chi connectivity index (χ0n) is 17.1. The average molecular weight is 408 g/mol. The fraction of sp³-hybridized carbons (Fsp3) is 0. The molecule has 0 saturated carbocycles. The van der Waals surface area contributed by atoms with E-state index in [1.807, 2.05) is 0 Å². The highest BCUT2D eigenvalue weighted by Gasteiger charge is 2.28. The lowest BCUT2D eigenvalue weighted by molar-refractivity contribution is 0.480. The van der Waals surface area contributed by atoms with Crippen molar-refractivity contribution < 1.29 is 9.47 Å². The van der Waals surface area contributed by atoms with Crippen molar-refractivity contribution in [1.82, 2.24) is 0 Å². The number of rotatable bonds is 0. The number of ether oxygens (including phenoxy) is 2. The maximum absolute atomic E-state index is 6.44. The highest BCUT2D eigenvalue weighted by Crippen LogP contribution is 2.55. The molecule has 0 saturated heterocycles. The molecule has 0 unspecified atom stereocenters. The summed E-state index contributed by atoms with van der Waals surface area (Å²) < 4.78 is 12.9. The molecular formula is C30H16O2. The Bertz CT molecular complexity index is 1650. The molecule has 2 aliphatic heterocycles. The average Bonchev–Trinajstić information content (AvgIpc) is 2.84. The van der Waals surface area contributed by atoms with Crippen molar-refractivity contribution in [2.75, 3.05) is 0 Å². The Balaban J connectivity index is 1.46. The molecule has 0 N–H and O–H groups in total. The van der Waals surface area contributed by atoms with E-state index in [1.54, 1.807) is 0 Å². The van der Waals surface area contributed by atoms with Crippen LogP contribution in [0.5, 0.6) is 23.0 Å². The molecule has 32 heavy (non-hydrogen) atoms. The predicted octanol–water partition coefficient (Wildman–Crippen LogP) is 8.69. The largest absolute Gasteiger partial charge is 0.456 e. The standard InChI is InChI=1S/C30H16O2/c1-3-7-19-15-27-23(13-17(19)5-1)21-9-11-26-30-22(10-12-25(31-27)29(21)30)24-14-18-6-2-4-8-20(18)16-28(24)32-26/h1-16H. The highest BCUT2D eigenvalue weighted by atomic mass is 16.5. The van der Waals surface area contributed by atoms with Crippen molar-refractivity contribution in [3.05, 3.63) is 97.1 Å². The van der Waals surface area contributed by atoms with Crippen LogP contribution in [0.15, 0.2) is 97.1 Å². The monoisotopic (exact) mass is 408 g/mol. The normalized spacial score (nSPS) is 12.9. The Labute approximate surface area is 184 Å². The van der Waals surface area contributed by atoms with Gasteiger partial charge in [0.1, 0.15) is 23.0 Å². The molecule has 0 radical (unpaired) electrons. The van der Waals surface area contributed by atoms with Gasteiger partial charge in [-0.1, -0.05) is 48.5 Å². The maximum atomic E-state index is 6.44. The summed E-state index contributed by atoms with van der Waals surface area (Å²) >= 11 is 0. The quantitative estimate of drug-likeness (QED) is 0.250. The minimum Gasteiger partial charge on any atom is -0.456 e. The van der Waals surface area contributed by atoms with Gasteiger partial charge in [-0.15, -0.1) is 0 Å². The molecule has 6 aromatic carbocycles. The van der Waals surface area contributed by atoms with Crippen molar-refractivity contribution in [1.29, 1.82) is 0 Å². The first-order valence-electron chi connectivity index (χ1n) is 10.9. The van der Waals surface area contributed by atoms with Crippen LogP contribution in [0.1, 0.15) is 0 Å². The molecule has 0 aromatic heterocycles. The molecule has 0 atom stereocenters. The van der Waals surface area contributed by atoms with Crippen LogP contribution >= 0.6 is 0 Å². The second kappa shape index (κ2) is 5.68. The van der Waals surface area contributed by atoms with E-state index >= 15 is 0 Å². The van der Waals surface area contributed by atoms with Crippen molar-refractivity contribution in [3.8, 4) is 45.3 Å². The van der Waals surface area contributed by atoms with E-state index in [4.69, 9.17) is 9.47 Å². The lowest BCUT2D eigenvalue weighted by atomic mass is 9.87. The molecule has 0 fully saturated rings. The highest BCUT2D eigenvalue weighted by molar-refractivity contribution is 6.15. The minimum absolute atomic E-state index is 0.885. The molecule has 148 valence electrons. The summed E-state index contributed by atoms with van der Waals surface area (Å²) in [7, 11) is 0. The number of hydrogen-bond acceptors (Lipinski definition) is 2. The van der Waals surface area contributed by atoms with Crippen LogP contribution in [0, 0.1) is 0 Å². The van der Waals surface area contributed by atoms with Crippen molar-refractivity contribution in [2.24, 2.45) is 0 Å². The lowest BCUT2D eigenvalue weighted by Crippen LogP contribution is -2.02. The van der Waals surface area contributed by atoms with E-state index in [-0.39, 0.29) is 0 Å². The van der Waals surface area contributed by atoms with Crippen LogP contribution in [0.3, 0.4) is 0 Å². The zero-order chi connectivity index (χ0) is 20.8. The minimum atomic E-state index is 0.885. The molecule has 0 bridgehead atoms. The van der Waals surface area contributed by atoms with Crippen LogP contribution in [-0.2, 0) is 0 Å². The third-order valence-corrected chi connectivity index (χ3v) is 6.80. The van der Waals surface area contributed by atoms with Crippen LogP contribution in [0.2, 0.25) is 0 Å². The van der Waals surface area contributed by atoms with Gasteiger partial charge >= 0.3 is 0 Å². The molecule has 2 heterocycles. The van der Waals surface area contributed by atoms with Gasteiger partial charge in [-0.3, -0.25) is 0 Å². The topological polar surface area (TPSA) is 18.5 Å². The second-order valence-electron chi connectivity index (χ2n) is 8.57. The second-order valence-corrected chi connectivity index (χ2v) is 8.57. The third-order valence-electron chi connectivity index (χ3n) is 6.80. The number of hydrogen-bond donors (Lipinski definition) is 0. The Kier molecular flexibility index (Phi) is 2.91. The van der Waals surface area contributed by atoms with Crippen LogP contribution in [-0.4, -0.2) is 0 Å². The molecule has 8 rings (SSSR count). The van der Waals surface area contributed by atoms with Crippen molar-refractivity contribution in [2.45, 2.75) is 0 Å². The molecule has 0 spiro atoms. The Hall–Kier alpha value is -4.30. The van der Waals surface area contributed by atoms with E-state index < -0.39 is 0 Å². The fourth-order valence-corrected chi connectivity index (χ4v) is 5.32. The Morgan fingerprint density at radius 1 is 0.344 bits per heavy atom. The Morgan fingerprint density at radius 3 is 1.19 bits per heavy atom. The summed E-state index contributed by atoms with van der Waals surface area (Å²) in [4.78, 5) is 0. The first-order chi connectivity index (χ1) is 15.8. The summed E-state index contributed by atoms with van der Waals surface area (Å²) in [6.07, 6.45) is 0. The number of fused-ring (bicyclic) bond motifs is 6. The van der Waals surface area contributed by atoms with E-state index in [9.17, 15) is 0 Å². The third kappa shape index (κ3) is 2.04. The van der Waals surface area contributed by atoms with E-state index in [0.29, 0.717) is 0 Å². The van der Waals surface area contributed by atoms with Crippen LogP contribution < -0.4 is 9.47 Å². The molecular weight excluding hydrogens is 392 g/mol. The molecule has 2 aliphatic rings. The first kappa shape index (κ1) is 16.4. The molecule has 0 amide bonds. The SMILES string of the molecule is c1ccc2cc3c(cc2c1)Oc1ccc2c4c(ccc-3c14)Oc1cc3ccccc3cc1-2. The first-order valence-corrected chi connectivity index (χ1v) is 10.9. The maximum Gasteiger partial charge on any atom is 0.136 e. The predicted molar refractivity (Wildman–Crippen MR) is 130 cm³/mol. The summed E-state index contributed by atoms with van der Waals surface area (Å²) in [5.74, 6) is 3.58. The molecule has 6 aromatic rings. The lowest BCUT2D eigenvalue weighted by Gasteiger charge is -2.27. The summed E-state index contributed by atoms with van der Waals surface area (Å²) in [6.45, 7) is 0. The van der Waals surface area contributed by atoms with Gasteiger partial charge in [0.05, 0.1) is 0 Å². The van der Waals surface area contributed by atoms with Gasteiger partial charge in [-0.2, -0.15) is 0 Å². The van der Waals surface area contributed by atoms with Gasteiger partial charge in [-0.05, 0) is 81.2 Å². The fourth-order valence-electron chi connectivity index (χ4n) is 5.32. The summed E-state index contributed by atoms with van der Waals surface area (Å²) in [6, 6.07) is 34.2. The van der Waals surface area contributed by atoms with Crippen molar-refractivity contribution >= 4 is 32.3 Å². The zero-order valence-corrected chi connectivity index (χ0v) is 17.1. The van der Waals surface area contributed by atoms with E-state index in [1.165, 1.54) is 32.7 Å². The van der Waals surface area contributed by atoms with Gasteiger partial charge < -0.3 is 9.47 Å². The van der Waals surface area contributed by atoms with E-state index in [2.05, 4.69) is 97.1 Å². The van der Waals surface area contributed by atoms with Gasteiger partial charge in [0.25, 0.3) is 0 Å². The number of benzene rings is 6. The van der Waals surface area contributed by atoms with Gasteiger partial charge in [0, 0.05) is 21.9 Å². The summed E-state index contributed by atoms with van der Waals surface area (Å²) in [5, 5.41) is 7.05. The van der Waals surface area contributed by atoms with Gasteiger partial charge in [-0.25, -0.2) is 0 Å². The van der Waals surface area contributed by atoms with Crippen molar-refractivity contribution in [3.63, 3.8) is 0 Å². The van der Waals surface area contributed by atoms with E-state index in [0.717, 1.165) is 44.9 Å².